The van der Waals surface area contributed by atoms with Crippen LogP contribution in [0.15, 0.2) is 65.7 Å². The highest BCUT2D eigenvalue weighted by atomic mass is 16.3. The van der Waals surface area contributed by atoms with E-state index < -0.39 is 0 Å². The van der Waals surface area contributed by atoms with Crippen molar-refractivity contribution in [3.63, 3.8) is 0 Å². The second-order valence-corrected chi connectivity index (χ2v) is 5.52. The summed E-state index contributed by atoms with van der Waals surface area (Å²) in [5.41, 5.74) is 3.74. The van der Waals surface area contributed by atoms with Gasteiger partial charge in [-0.15, -0.1) is 0 Å². The number of rotatable bonds is 2. The van der Waals surface area contributed by atoms with Gasteiger partial charge in [0.25, 0.3) is 0 Å². The topological polar surface area (TPSA) is 37.3 Å². The maximum absolute atomic E-state index is 12.6. The van der Waals surface area contributed by atoms with Crippen molar-refractivity contribution in [2.45, 2.75) is 19.3 Å². The Balaban J connectivity index is 1.87. The summed E-state index contributed by atoms with van der Waals surface area (Å²) in [5, 5.41) is 9.32. The first kappa shape index (κ1) is 14.3. The van der Waals surface area contributed by atoms with Gasteiger partial charge in [0, 0.05) is 11.1 Å². The zero-order chi connectivity index (χ0) is 15.4. The molecular formula is C20H18O2. The smallest absolute Gasteiger partial charge is 0.185 e. The largest absolute Gasteiger partial charge is 0.508 e. The van der Waals surface area contributed by atoms with Gasteiger partial charge in [-0.2, -0.15) is 0 Å². The lowest BCUT2D eigenvalue weighted by Gasteiger charge is -2.16. The van der Waals surface area contributed by atoms with Crippen LogP contribution >= 0.6 is 0 Å². The average Bonchev–Trinajstić information content (AvgIpc) is 2.54. The summed E-state index contributed by atoms with van der Waals surface area (Å²) in [5.74, 6) is 0.380. The van der Waals surface area contributed by atoms with E-state index in [4.69, 9.17) is 0 Å². The lowest BCUT2D eigenvalue weighted by molar-refractivity contribution is -0.112. The van der Waals surface area contributed by atoms with Crippen molar-refractivity contribution >= 4 is 17.9 Å². The molecule has 2 aromatic carbocycles. The Morgan fingerprint density at radius 1 is 0.773 bits per heavy atom. The summed E-state index contributed by atoms with van der Waals surface area (Å²) >= 11 is 0. The summed E-state index contributed by atoms with van der Waals surface area (Å²) < 4.78 is 0. The van der Waals surface area contributed by atoms with Crippen LogP contribution in [-0.2, 0) is 4.79 Å². The molecule has 1 saturated carbocycles. The Hall–Kier alpha value is -2.61. The van der Waals surface area contributed by atoms with Crippen molar-refractivity contribution in [1.29, 1.82) is 0 Å². The van der Waals surface area contributed by atoms with E-state index in [1.807, 2.05) is 54.6 Å². The maximum Gasteiger partial charge on any atom is 0.185 e. The van der Waals surface area contributed by atoms with E-state index in [0.717, 1.165) is 41.5 Å². The highest BCUT2D eigenvalue weighted by Crippen LogP contribution is 2.28. The summed E-state index contributed by atoms with van der Waals surface area (Å²) in [6.07, 6.45) is 6.56. The molecule has 0 spiro atoms. The monoisotopic (exact) mass is 290 g/mol. The van der Waals surface area contributed by atoms with Crippen LogP contribution in [0.5, 0.6) is 5.75 Å². The molecule has 0 aromatic heterocycles. The predicted octanol–water partition coefficient (Wildman–Crippen LogP) is 4.61. The van der Waals surface area contributed by atoms with Gasteiger partial charge in [0.05, 0.1) is 0 Å². The fourth-order valence-electron chi connectivity index (χ4n) is 2.70. The second kappa shape index (κ2) is 6.44. The molecular weight excluding hydrogens is 272 g/mol. The highest BCUT2D eigenvalue weighted by molar-refractivity contribution is 6.13. The molecule has 1 N–H and O–H groups in total. The fourth-order valence-corrected chi connectivity index (χ4v) is 2.70. The molecule has 3 rings (SSSR count). The van der Waals surface area contributed by atoms with E-state index in [0.29, 0.717) is 0 Å². The van der Waals surface area contributed by atoms with Gasteiger partial charge in [0.2, 0.25) is 0 Å². The standard InChI is InChI=1S/C20H18O2/c21-19-11-9-16(10-12-19)14-18-8-4-7-17(20(18)22)13-15-5-2-1-3-6-15/h1-3,5-6,9-14,21H,4,7-8H2. The van der Waals surface area contributed by atoms with Gasteiger partial charge in [0.1, 0.15) is 5.75 Å². The van der Waals surface area contributed by atoms with Crippen LogP contribution in [0, 0.1) is 0 Å². The Morgan fingerprint density at radius 2 is 1.32 bits per heavy atom. The number of carbonyl (C=O) groups is 1. The molecule has 0 heterocycles. The quantitative estimate of drug-likeness (QED) is 0.820. The van der Waals surface area contributed by atoms with Gasteiger partial charge in [0.15, 0.2) is 5.78 Å². The number of ketones is 1. The lowest BCUT2D eigenvalue weighted by atomic mass is 9.87. The third kappa shape index (κ3) is 3.34. The van der Waals surface area contributed by atoms with Crippen LogP contribution < -0.4 is 0 Å². The third-order valence-electron chi connectivity index (χ3n) is 3.85. The molecule has 2 heteroatoms. The fraction of sp³-hybridized carbons (Fsp3) is 0.150. The number of aromatic hydroxyl groups is 1. The molecule has 22 heavy (non-hydrogen) atoms. The number of hydrogen-bond acceptors (Lipinski definition) is 2. The van der Waals surface area contributed by atoms with E-state index in [2.05, 4.69) is 0 Å². The molecule has 0 unspecified atom stereocenters. The highest BCUT2D eigenvalue weighted by Gasteiger charge is 2.20. The van der Waals surface area contributed by atoms with Crippen LogP contribution in [0.25, 0.3) is 12.2 Å². The lowest BCUT2D eigenvalue weighted by Crippen LogP contribution is -2.12. The van der Waals surface area contributed by atoms with E-state index in [9.17, 15) is 9.90 Å². The number of phenolic OH excluding ortho intramolecular Hbond substituents is 1. The number of hydrogen-bond donors (Lipinski definition) is 1. The number of allylic oxidation sites excluding steroid dienone is 2. The molecule has 0 amide bonds. The van der Waals surface area contributed by atoms with Crippen molar-refractivity contribution in [3.05, 3.63) is 76.9 Å². The molecule has 2 aromatic rings. The van der Waals surface area contributed by atoms with Crippen LogP contribution in [0.3, 0.4) is 0 Å². The van der Waals surface area contributed by atoms with E-state index >= 15 is 0 Å². The second-order valence-electron chi connectivity index (χ2n) is 5.52. The Kier molecular flexibility index (Phi) is 4.19. The van der Waals surface area contributed by atoms with Crippen molar-refractivity contribution < 1.29 is 9.90 Å². The predicted molar refractivity (Wildman–Crippen MR) is 89.4 cm³/mol. The zero-order valence-electron chi connectivity index (χ0n) is 12.3. The molecule has 0 bridgehead atoms. The molecule has 0 radical (unpaired) electrons. The Bertz CT molecular complexity index is 722. The molecule has 0 atom stereocenters. The van der Waals surface area contributed by atoms with Gasteiger partial charge < -0.3 is 5.11 Å². The van der Waals surface area contributed by atoms with Crippen molar-refractivity contribution in [2.24, 2.45) is 0 Å². The van der Waals surface area contributed by atoms with Crippen LogP contribution in [-0.4, -0.2) is 10.9 Å². The average molecular weight is 290 g/mol. The van der Waals surface area contributed by atoms with E-state index in [1.54, 1.807) is 12.1 Å². The van der Waals surface area contributed by atoms with Crippen molar-refractivity contribution in [1.82, 2.24) is 0 Å². The number of Topliss-reactive ketones (excluding diaryl/α,β-unsaturated/α-hetero) is 1. The summed E-state index contributed by atoms with van der Waals surface area (Å²) in [4.78, 5) is 12.6. The van der Waals surface area contributed by atoms with Gasteiger partial charge in [-0.3, -0.25) is 4.79 Å². The maximum atomic E-state index is 12.6. The summed E-state index contributed by atoms with van der Waals surface area (Å²) in [6.45, 7) is 0. The summed E-state index contributed by atoms with van der Waals surface area (Å²) in [6, 6.07) is 16.9. The first-order chi connectivity index (χ1) is 10.7. The summed E-state index contributed by atoms with van der Waals surface area (Å²) in [7, 11) is 0. The Morgan fingerprint density at radius 3 is 1.91 bits per heavy atom. The van der Waals surface area contributed by atoms with Crippen LogP contribution in [0.4, 0.5) is 0 Å². The van der Waals surface area contributed by atoms with Crippen LogP contribution in [0.1, 0.15) is 30.4 Å². The van der Waals surface area contributed by atoms with Crippen molar-refractivity contribution in [2.75, 3.05) is 0 Å². The van der Waals surface area contributed by atoms with Gasteiger partial charge in [-0.05, 0) is 54.7 Å². The molecule has 1 aliphatic carbocycles. The molecule has 1 aliphatic rings. The first-order valence-corrected chi connectivity index (χ1v) is 7.52. The van der Waals surface area contributed by atoms with Gasteiger partial charge in [-0.1, -0.05) is 42.5 Å². The minimum Gasteiger partial charge on any atom is -0.508 e. The Labute approximate surface area is 130 Å². The molecule has 0 saturated heterocycles. The first-order valence-electron chi connectivity index (χ1n) is 7.52. The van der Waals surface area contributed by atoms with Gasteiger partial charge in [-0.25, -0.2) is 0 Å². The number of phenols is 1. The number of carbonyl (C=O) groups excluding carboxylic acids is 1. The van der Waals surface area contributed by atoms with Crippen molar-refractivity contribution in [3.8, 4) is 5.75 Å². The third-order valence-corrected chi connectivity index (χ3v) is 3.85. The molecule has 1 fully saturated rings. The molecule has 110 valence electrons. The minimum atomic E-state index is 0.142. The van der Waals surface area contributed by atoms with Gasteiger partial charge >= 0.3 is 0 Å². The zero-order valence-corrected chi connectivity index (χ0v) is 12.3. The molecule has 2 nitrogen and oxygen atoms in total. The van der Waals surface area contributed by atoms with Crippen LogP contribution in [0.2, 0.25) is 0 Å². The SMILES string of the molecule is O=C1C(=Cc2ccccc2)CCCC1=Cc1ccc(O)cc1. The molecule has 0 aliphatic heterocycles. The van der Waals surface area contributed by atoms with E-state index in [-0.39, 0.29) is 11.5 Å². The number of benzene rings is 2. The van der Waals surface area contributed by atoms with E-state index in [1.165, 1.54) is 0 Å². The normalized spacial score (nSPS) is 18.8. The minimum absolute atomic E-state index is 0.142.